The van der Waals surface area contributed by atoms with Gasteiger partial charge in [0.1, 0.15) is 0 Å². The maximum absolute atomic E-state index is 5.07. The van der Waals surface area contributed by atoms with E-state index < -0.39 is 0 Å². The van der Waals surface area contributed by atoms with E-state index in [1.807, 2.05) is 6.20 Å². The highest BCUT2D eigenvalue weighted by atomic mass is 32.1. The fourth-order valence-corrected chi connectivity index (χ4v) is 7.69. The number of pyridine rings is 1. The van der Waals surface area contributed by atoms with E-state index in [0.29, 0.717) is 0 Å². The first-order valence-corrected chi connectivity index (χ1v) is 15.7. The van der Waals surface area contributed by atoms with E-state index in [2.05, 4.69) is 157 Å². The summed E-state index contributed by atoms with van der Waals surface area (Å²) in [6.45, 7) is 0. The van der Waals surface area contributed by atoms with Crippen molar-refractivity contribution in [1.82, 2.24) is 4.98 Å². The predicted octanol–water partition coefficient (Wildman–Crippen LogP) is 12.0. The molecule has 0 bridgehead atoms. The third-order valence-electron chi connectivity index (χ3n) is 8.68. The number of anilines is 3. The second-order valence-corrected chi connectivity index (χ2v) is 12.3. The van der Waals surface area contributed by atoms with Crippen molar-refractivity contribution in [3.8, 4) is 11.1 Å². The lowest BCUT2D eigenvalue weighted by molar-refractivity contribution is 1.27. The van der Waals surface area contributed by atoms with Crippen LogP contribution in [0.1, 0.15) is 0 Å². The summed E-state index contributed by atoms with van der Waals surface area (Å²) in [4.78, 5) is 7.45. The summed E-state index contributed by atoms with van der Waals surface area (Å²) in [5.41, 5.74) is 6.74. The van der Waals surface area contributed by atoms with E-state index in [1.165, 1.54) is 58.2 Å². The smallest absolute Gasteiger partial charge is 0.0890 e. The molecule has 9 aromatic rings. The highest BCUT2D eigenvalue weighted by molar-refractivity contribution is 7.25. The number of aromatic nitrogens is 1. The minimum atomic E-state index is 1.04. The number of fused-ring (bicyclic) bond motifs is 8. The van der Waals surface area contributed by atoms with Crippen LogP contribution in [0.25, 0.3) is 63.7 Å². The zero-order chi connectivity index (χ0) is 29.0. The molecule has 3 heteroatoms. The Labute approximate surface area is 259 Å². The van der Waals surface area contributed by atoms with Crippen LogP contribution in [0, 0.1) is 0 Å². The minimum absolute atomic E-state index is 1.04. The Morgan fingerprint density at radius 3 is 1.93 bits per heavy atom. The van der Waals surface area contributed by atoms with Crippen LogP contribution < -0.4 is 4.90 Å². The molecule has 9 rings (SSSR count). The van der Waals surface area contributed by atoms with E-state index >= 15 is 0 Å². The van der Waals surface area contributed by atoms with Crippen LogP contribution in [0.3, 0.4) is 0 Å². The van der Waals surface area contributed by atoms with Gasteiger partial charge in [0.25, 0.3) is 0 Å². The first kappa shape index (κ1) is 25.0. The monoisotopic (exact) mass is 578 g/mol. The zero-order valence-corrected chi connectivity index (χ0v) is 24.6. The maximum atomic E-state index is 5.07. The zero-order valence-electron chi connectivity index (χ0n) is 23.8. The van der Waals surface area contributed by atoms with Gasteiger partial charge in [-0.1, -0.05) is 121 Å². The third kappa shape index (κ3) is 3.98. The van der Waals surface area contributed by atoms with Crippen molar-refractivity contribution >= 4 is 81.0 Å². The molecule has 0 atom stereocenters. The van der Waals surface area contributed by atoms with E-state index in [1.54, 1.807) is 11.3 Å². The second-order valence-electron chi connectivity index (χ2n) is 11.2. The lowest BCUT2D eigenvalue weighted by atomic mass is 9.95. The lowest BCUT2D eigenvalue weighted by Gasteiger charge is -2.27. The number of thiophene rings is 1. The number of hydrogen-bond acceptors (Lipinski definition) is 3. The highest BCUT2D eigenvalue weighted by Gasteiger charge is 2.20. The lowest BCUT2D eigenvalue weighted by Crippen LogP contribution is -2.11. The molecule has 0 saturated carbocycles. The van der Waals surface area contributed by atoms with Crippen LogP contribution in [0.2, 0.25) is 0 Å². The Hall–Kier alpha value is -5.51. The molecule has 2 heterocycles. The van der Waals surface area contributed by atoms with Crippen molar-refractivity contribution < 1.29 is 0 Å². The molecule has 206 valence electrons. The Bertz CT molecular complexity index is 2490. The molecule has 0 aliphatic heterocycles. The third-order valence-corrected chi connectivity index (χ3v) is 9.78. The number of hydrogen-bond donors (Lipinski definition) is 0. The van der Waals surface area contributed by atoms with Gasteiger partial charge in [0, 0.05) is 21.2 Å². The molecule has 7 aromatic carbocycles. The molecule has 0 radical (unpaired) electrons. The predicted molar refractivity (Wildman–Crippen MR) is 190 cm³/mol. The van der Waals surface area contributed by atoms with Crippen molar-refractivity contribution in [2.75, 3.05) is 4.90 Å². The van der Waals surface area contributed by atoms with Gasteiger partial charge in [0.2, 0.25) is 0 Å². The fraction of sp³-hybridized carbons (Fsp3) is 0. The van der Waals surface area contributed by atoms with Crippen LogP contribution in [0.15, 0.2) is 158 Å². The van der Waals surface area contributed by atoms with Gasteiger partial charge in [-0.2, -0.15) is 0 Å². The summed E-state index contributed by atoms with van der Waals surface area (Å²) in [6.07, 6.45) is 2.04. The summed E-state index contributed by atoms with van der Waals surface area (Å²) < 4.78 is 2.44. The van der Waals surface area contributed by atoms with Gasteiger partial charge in [-0.25, -0.2) is 0 Å². The molecule has 0 aliphatic carbocycles. The van der Waals surface area contributed by atoms with Gasteiger partial charge in [-0.05, 0) is 68.4 Å². The van der Waals surface area contributed by atoms with Crippen molar-refractivity contribution in [1.29, 1.82) is 0 Å². The van der Waals surface area contributed by atoms with Crippen LogP contribution in [0.4, 0.5) is 17.1 Å². The van der Waals surface area contributed by atoms with Gasteiger partial charge in [0.15, 0.2) is 0 Å². The largest absolute Gasteiger partial charge is 0.308 e. The minimum Gasteiger partial charge on any atom is -0.308 e. The van der Waals surface area contributed by atoms with E-state index in [4.69, 9.17) is 4.98 Å². The molecular formula is C41H26N2S. The molecule has 0 saturated heterocycles. The maximum Gasteiger partial charge on any atom is 0.0890 e. The topological polar surface area (TPSA) is 16.1 Å². The quantitative estimate of drug-likeness (QED) is 0.193. The van der Waals surface area contributed by atoms with E-state index in [0.717, 1.165) is 22.6 Å². The van der Waals surface area contributed by atoms with Gasteiger partial charge in [0.05, 0.1) is 27.8 Å². The molecule has 2 aromatic heterocycles. The standard InChI is InChI=1S/C41H26N2S/c1-2-10-27(11-3-1)28-18-21-30(22-19-28)43(31-24-40-41(42-26-31)36-16-8-9-17-39(36)44-40)38-25-37-32-13-5-4-12-29(32)20-23-34(37)33-14-6-7-15-35(33)38/h1-26H. The van der Waals surface area contributed by atoms with Gasteiger partial charge in [-0.3, -0.25) is 4.98 Å². The summed E-state index contributed by atoms with van der Waals surface area (Å²) in [6, 6.07) is 54.7. The Kier molecular flexibility index (Phi) is 5.71. The molecule has 0 spiro atoms. The first-order chi connectivity index (χ1) is 21.8. The van der Waals surface area contributed by atoms with Crippen LogP contribution in [0.5, 0.6) is 0 Å². The molecule has 44 heavy (non-hydrogen) atoms. The first-order valence-electron chi connectivity index (χ1n) is 14.9. The van der Waals surface area contributed by atoms with Crippen LogP contribution in [-0.4, -0.2) is 4.98 Å². The van der Waals surface area contributed by atoms with Crippen molar-refractivity contribution in [2.24, 2.45) is 0 Å². The number of nitrogens with zero attached hydrogens (tertiary/aromatic N) is 2. The SMILES string of the molecule is c1ccc(-c2ccc(N(c3cnc4c(c3)sc3ccccc34)c3cc4c5ccccc5ccc4c4ccccc34)cc2)cc1. The summed E-state index contributed by atoms with van der Waals surface area (Å²) in [5.74, 6) is 0. The Morgan fingerprint density at radius 1 is 0.432 bits per heavy atom. The summed E-state index contributed by atoms with van der Waals surface area (Å²) in [7, 11) is 0. The van der Waals surface area contributed by atoms with Gasteiger partial charge in [-0.15, -0.1) is 11.3 Å². The number of rotatable bonds is 4. The molecule has 0 fully saturated rings. The molecule has 2 nitrogen and oxygen atoms in total. The molecular weight excluding hydrogens is 553 g/mol. The van der Waals surface area contributed by atoms with Crippen molar-refractivity contribution in [2.45, 2.75) is 0 Å². The Balaban J connectivity index is 1.33. The summed E-state index contributed by atoms with van der Waals surface area (Å²) >= 11 is 1.80. The van der Waals surface area contributed by atoms with Crippen LogP contribution >= 0.6 is 11.3 Å². The van der Waals surface area contributed by atoms with E-state index in [9.17, 15) is 0 Å². The van der Waals surface area contributed by atoms with Gasteiger partial charge >= 0.3 is 0 Å². The molecule has 0 amide bonds. The Morgan fingerprint density at radius 2 is 1.09 bits per heavy atom. The number of benzene rings is 7. The average Bonchev–Trinajstić information content (AvgIpc) is 3.47. The normalized spacial score (nSPS) is 11.6. The average molecular weight is 579 g/mol. The van der Waals surface area contributed by atoms with Crippen LogP contribution in [-0.2, 0) is 0 Å². The molecule has 0 N–H and O–H groups in total. The second kappa shape index (κ2) is 10.0. The van der Waals surface area contributed by atoms with Crippen molar-refractivity contribution in [3.63, 3.8) is 0 Å². The highest BCUT2D eigenvalue weighted by Crippen LogP contribution is 2.45. The van der Waals surface area contributed by atoms with E-state index in [-0.39, 0.29) is 0 Å². The molecule has 0 aliphatic rings. The molecule has 0 unspecified atom stereocenters. The van der Waals surface area contributed by atoms with Gasteiger partial charge < -0.3 is 4.90 Å². The fourth-order valence-electron chi connectivity index (χ4n) is 6.59. The van der Waals surface area contributed by atoms with Crippen molar-refractivity contribution in [3.05, 3.63) is 158 Å². The summed E-state index contributed by atoms with van der Waals surface area (Å²) in [5, 5.41) is 8.67.